The number of aromatic nitrogens is 1. The lowest BCUT2D eigenvalue weighted by molar-refractivity contribution is 0.397. The third-order valence-corrected chi connectivity index (χ3v) is 2.60. The fourth-order valence-corrected chi connectivity index (χ4v) is 1.64. The Labute approximate surface area is 106 Å². The summed E-state index contributed by atoms with van der Waals surface area (Å²) in [5.41, 5.74) is 2.26. The average molecular weight is 244 g/mol. The minimum Gasteiger partial charge on any atom is -0.508 e. The number of nitrogens with one attached hydrogen (secondary N) is 1. The molecule has 0 bridgehead atoms. The molecule has 2 aromatic rings. The van der Waals surface area contributed by atoms with Crippen molar-refractivity contribution in [3.63, 3.8) is 0 Å². The maximum Gasteiger partial charge on any atom is 0.213 e. The monoisotopic (exact) mass is 244 g/mol. The second kappa shape index (κ2) is 6.02. The van der Waals surface area contributed by atoms with E-state index in [0.717, 1.165) is 24.2 Å². The van der Waals surface area contributed by atoms with E-state index in [4.69, 9.17) is 4.74 Å². The highest BCUT2D eigenvalue weighted by molar-refractivity contribution is 5.26. The van der Waals surface area contributed by atoms with Crippen LogP contribution >= 0.6 is 0 Å². The molecule has 0 saturated carbocycles. The van der Waals surface area contributed by atoms with Crippen molar-refractivity contribution in [3.05, 3.63) is 53.7 Å². The van der Waals surface area contributed by atoms with E-state index in [9.17, 15) is 5.11 Å². The summed E-state index contributed by atoms with van der Waals surface area (Å²) in [5, 5.41) is 12.5. The zero-order chi connectivity index (χ0) is 12.8. The van der Waals surface area contributed by atoms with Gasteiger partial charge in [0.2, 0.25) is 5.88 Å². The topological polar surface area (TPSA) is 54.4 Å². The Balaban J connectivity index is 1.86. The number of hydrogen-bond donors (Lipinski definition) is 2. The van der Waals surface area contributed by atoms with E-state index in [0.29, 0.717) is 5.88 Å². The van der Waals surface area contributed by atoms with Gasteiger partial charge in [-0.1, -0.05) is 12.1 Å². The van der Waals surface area contributed by atoms with Crippen LogP contribution in [0.3, 0.4) is 0 Å². The zero-order valence-electron chi connectivity index (χ0n) is 10.3. The van der Waals surface area contributed by atoms with E-state index in [-0.39, 0.29) is 5.75 Å². The Morgan fingerprint density at radius 3 is 2.56 bits per heavy atom. The van der Waals surface area contributed by atoms with Gasteiger partial charge in [-0.2, -0.15) is 0 Å². The number of ether oxygens (including phenoxy) is 1. The predicted molar refractivity (Wildman–Crippen MR) is 69.4 cm³/mol. The first-order valence-corrected chi connectivity index (χ1v) is 5.75. The van der Waals surface area contributed by atoms with Crippen molar-refractivity contribution < 1.29 is 9.84 Å². The van der Waals surface area contributed by atoms with Crippen molar-refractivity contribution in [1.82, 2.24) is 10.3 Å². The van der Waals surface area contributed by atoms with Crippen LogP contribution in [-0.2, 0) is 13.1 Å². The molecule has 0 unspecified atom stereocenters. The van der Waals surface area contributed by atoms with Crippen LogP contribution in [0.25, 0.3) is 0 Å². The van der Waals surface area contributed by atoms with E-state index in [1.54, 1.807) is 25.4 Å². The molecule has 0 radical (unpaired) electrons. The highest BCUT2D eigenvalue weighted by atomic mass is 16.5. The molecule has 2 N–H and O–H groups in total. The Morgan fingerprint density at radius 2 is 1.83 bits per heavy atom. The van der Waals surface area contributed by atoms with Gasteiger partial charge in [-0.15, -0.1) is 0 Å². The summed E-state index contributed by atoms with van der Waals surface area (Å²) in [4.78, 5) is 4.06. The molecule has 0 fully saturated rings. The lowest BCUT2D eigenvalue weighted by Gasteiger charge is -2.06. The molecule has 94 valence electrons. The summed E-state index contributed by atoms with van der Waals surface area (Å²) in [6, 6.07) is 11.0. The number of benzene rings is 1. The lowest BCUT2D eigenvalue weighted by atomic mass is 10.2. The summed E-state index contributed by atoms with van der Waals surface area (Å²) < 4.78 is 5.07. The molecule has 18 heavy (non-hydrogen) atoms. The number of methoxy groups -OCH3 is 1. The number of aromatic hydroxyl groups is 1. The number of pyridine rings is 1. The number of rotatable bonds is 5. The summed E-state index contributed by atoms with van der Waals surface area (Å²) in [7, 11) is 1.61. The molecule has 0 aliphatic heterocycles. The van der Waals surface area contributed by atoms with E-state index in [2.05, 4.69) is 10.3 Å². The Kier molecular flexibility index (Phi) is 4.15. The molecule has 1 aromatic carbocycles. The standard InChI is InChI=1S/C14H16N2O2/c1-18-14-8-12(6-7-16-14)10-15-9-11-2-4-13(17)5-3-11/h2-8,15,17H,9-10H2,1H3. The zero-order valence-corrected chi connectivity index (χ0v) is 10.3. The number of phenolic OH excluding ortho intramolecular Hbond substituents is 1. The highest BCUT2D eigenvalue weighted by Crippen LogP contribution is 2.10. The third-order valence-electron chi connectivity index (χ3n) is 2.60. The van der Waals surface area contributed by atoms with Gasteiger partial charge in [-0.3, -0.25) is 0 Å². The van der Waals surface area contributed by atoms with Crippen LogP contribution in [0.1, 0.15) is 11.1 Å². The van der Waals surface area contributed by atoms with Crippen molar-refractivity contribution >= 4 is 0 Å². The third kappa shape index (κ3) is 3.46. The maximum absolute atomic E-state index is 9.18. The van der Waals surface area contributed by atoms with Crippen molar-refractivity contribution in [2.45, 2.75) is 13.1 Å². The first-order chi connectivity index (χ1) is 8.78. The quantitative estimate of drug-likeness (QED) is 0.845. The van der Waals surface area contributed by atoms with Gasteiger partial charge < -0.3 is 15.2 Å². The molecule has 0 aliphatic rings. The largest absolute Gasteiger partial charge is 0.508 e. The fourth-order valence-electron chi connectivity index (χ4n) is 1.64. The number of phenols is 1. The van der Waals surface area contributed by atoms with Gasteiger partial charge in [0, 0.05) is 25.4 Å². The van der Waals surface area contributed by atoms with Gasteiger partial charge in [0.1, 0.15) is 5.75 Å². The van der Waals surface area contributed by atoms with Gasteiger partial charge in [0.15, 0.2) is 0 Å². The van der Waals surface area contributed by atoms with Crippen molar-refractivity contribution in [3.8, 4) is 11.6 Å². The van der Waals surface area contributed by atoms with Crippen LogP contribution in [0.4, 0.5) is 0 Å². The van der Waals surface area contributed by atoms with Crippen LogP contribution in [0.2, 0.25) is 0 Å². The minimum atomic E-state index is 0.289. The second-order valence-corrected chi connectivity index (χ2v) is 3.98. The minimum absolute atomic E-state index is 0.289. The summed E-state index contributed by atoms with van der Waals surface area (Å²) >= 11 is 0. The molecule has 0 atom stereocenters. The van der Waals surface area contributed by atoms with Crippen molar-refractivity contribution in [1.29, 1.82) is 0 Å². The molecule has 1 aromatic heterocycles. The van der Waals surface area contributed by atoms with E-state index < -0.39 is 0 Å². The van der Waals surface area contributed by atoms with E-state index >= 15 is 0 Å². The summed E-state index contributed by atoms with van der Waals surface area (Å²) in [6.07, 6.45) is 1.73. The predicted octanol–water partition coefficient (Wildman–Crippen LogP) is 2.09. The molecule has 1 heterocycles. The van der Waals surface area contributed by atoms with Gasteiger partial charge in [0.25, 0.3) is 0 Å². The van der Waals surface area contributed by atoms with Crippen molar-refractivity contribution in [2.24, 2.45) is 0 Å². The fraction of sp³-hybridized carbons (Fsp3) is 0.214. The van der Waals surface area contributed by atoms with Crippen LogP contribution in [-0.4, -0.2) is 17.2 Å². The Bertz CT molecular complexity index is 497. The molecule has 2 rings (SSSR count). The summed E-state index contributed by atoms with van der Waals surface area (Å²) in [6.45, 7) is 1.50. The van der Waals surface area contributed by atoms with Gasteiger partial charge >= 0.3 is 0 Å². The normalized spacial score (nSPS) is 10.3. The van der Waals surface area contributed by atoms with Crippen LogP contribution in [0.5, 0.6) is 11.6 Å². The first-order valence-electron chi connectivity index (χ1n) is 5.75. The van der Waals surface area contributed by atoms with Crippen LogP contribution in [0, 0.1) is 0 Å². The first kappa shape index (κ1) is 12.4. The molecule has 0 saturated heterocycles. The van der Waals surface area contributed by atoms with Crippen molar-refractivity contribution in [2.75, 3.05) is 7.11 Å². The molecule has 4 nitrogen and oxygen atoms in total. The summed E-state index contributed by atoms with van der Waals surface area (Å²) in [5.74, 6) is 0.913. The molecular formula is C14H16N2O2. The maximum atomic E-state index is 9.18. The van der Waals surface area contributed by atoms with E-state index in [1.807, 2.05) is 24.3 Å². The molecule has 0 spiro atoms. The number of nitrogens with zero attached hydrogens (tertiary/aromatic N) is 1. The smallest absolute Gasteiger partial charge is 0.213 e. The number of hydrogen-bond acceptors (Lipinski definition) is 4. The molecule has 0 amide bonds. The Morgan fingerprint density at radius 1 is 1.11 bits per heavy atom. The van der Waals surface area contributed by atoms with Gasteiger partial charge in [-0.05, 0) is 29.3 Å². The van der Waals surface area contributed by atoms with Gasteiger partial charge in [0.05, 0.1) is 7.11 Å². The van der Waals surface area contributed by atoms with Gasteiger partial charge in [-0.25, -0.2) is 4.98 Å². The lowest BCUT2D eigenvalue weighted by Crippen LogP contribution is -2.12. The second-order valence-electron chi connectivity index (χ2n) is 3.98. The molecular weight excluding hydrogens is 228 g/mol. The van der Waals surface area contributed by atoms with Crippen LogP contribution < -0.4 is 10.1 Å². The molecule has 4 heteroatoms. The highest BCUT2D eigenvalue weighted by Gasteiger charge is 1.97. The van der Waals surface area contributed by atoms with Crippen LogP contribution in [0.15, 0.2) is 42.6 Å². The van der Waals surface area contributed by atoms with E-state index in [1.165, 1.54) is 0 Å². The average Bonchev–Trinajstić information content (AvgIpc) is 2.41. The molecule has 0 aliphatic carbocycles. The Hall–Kier alpha value is -2.07. The SMILES string of the molecule is COc1cc(CNCc2ccc(O)cc2)ccn1.